The predicted octanol–water partition coefficient (Wildman–Crippen LogP) is 0.0323. The van der Waals surface area contributed by atoms with E-state index in [2.05, 4.69) is 10.6 Å². The van der Waals surface area contributed by atoms with Crippen LogP contribution in [0.4, 0.5) is 11.4 Å². The number of imide groups is 1. The van der Waals surface area contributed by atoms with Crippen LogP contribution in [0.3, 0.4) is 0 Å². The molecule has 5 rings (SSSR count). The summed E-state index contributed by atoms with van der Waals surface area (Å²) in [5.41, 5.74) is 16.5. The minimum Gasteiger partial charge on any atom is -0.478 e. The van der Waals surface area contributed by atoms with E-state index in [0.29, 0.717) is 13.0 Å². The summed E-state index contributed by atoms with van der Waals surface area (Å²) in [4.78, 5) is 69.2. The summed E-state index contributed by atoms with van der Waals surface area (Å²) >= 11 is 0. The number of aromatic carboxylic acids is 2. The monoisotopic (exact) mass is 554 g/mol. The van der Waals surface area contributed by atoms with Gasteiger partial charge in [0, 0.05) is 24.5 Å². The van der Waals surface area contributed by atoms with Gasteiger partial charge in [0.15, 0.2) is 0 Å². The number of anilines is 2. The lowest BCUT2D eigenvalue weighted by atomic mass is 10.1. The first-order chi connectivity index (χ1) is 19.0. The molecular weight excluding hydrogens is 524 g/mol. The van der Waals surface area contributed by atoms with E-state index in [1.807, 2.05) is 0 Å². The second-order valence-electron chi connectivity index (χ2n) is 9.12. The van der Waals surface area contributed by atoms with E-state index < -0.39 is 29.8 Å². The molecule has 0 aromatic heterocycles. The Labute approximate surface area is 228 Å². The molecule has 2 atom stereocenters. The summed E-state index contributed by atoms with van der Waals surface area (Å²) in [6.07, 6.45) is 3.11. The lowest BCUT2D eigenvalue weighted by molar-refractivity contribution is -0.126. The molecule has 2 fully saturated rings. The van der Waals surface area contributed by atoms with Gasteiger partial charge < -0.3 is 38.0 Å². The number of hydrogen-bond donors (Lipinski definition) is 7. The maximum Gasteiger partial charge on any atom is 0.338 e. The highest BCUT2D eigenvalue weighted by Crippen LogP contribution is 2.30. The van der Waals surface area contributed by atoms with Crippen LogP contribution in [-0.4, -0.2) is 75.9 Å². The smallest absolute Gasteiger partial charge is 0.338 e. The third kappa shape index (κ3) is 6.35. The number of benzene rings is 2. The summed E-state index contributed by atoms with van der Waals surface area (Å²) < 4.78 is 0. The molecule has 3 aliphatic rings. The second-order valence-corrected chi connectivity index (χ2v) is 9.12. The van der Waals surface area contributed by atoms with Crippen LogP contribution in [0.15, 0.2) is 36.4 Å². The molecule has 2 unspecified atom stereocenters. The van der Waals surface area contributed by atoms with E-state index in [1.165, 1.54) is 18.2 Å². The number of carboxylic acid groups (broad SMARTS) is 2. The van der Waals surface area contributed by atoms with Crippen LogP contribution in [-0.2, 0) is 9.59 Å². The first-order valence-electron chi connectivity index (χ1n) is 12.4. The molecule has 0 saturated carbocycles. The fourth-order valence-electron chi connectivity index (χ4n) is 4.40. The van der Waals surface area contributed by atoms with Crippen molar-refractivity contribution in [1.82, 2.24) is 15.5 Å². The summed E-state index contributed by atoms with van der Waals surface area (Å²) in [6.45, 7) is 1.38. The van der Waals surface area contributed by atoms with Crippen molar-refractivity contribution in [2.75, 3.05) is 24.6 Å². The highest BCUT2D eigenvalue weighted by molar-refractivity contribution is 6.25. The molecule has 3 aliphatic heterocycles. The number of carboxylic acids is 2. The average Bonchev–Trinajstić information content (AvgIpc) is 3.17. The van der Waals surface area contributed by atoms with E-state index in [-0.39, 0.29) is 51.5 Å². The molecule has 0 aliphatic carbocycles. The number of rotatable bonds is 3. The van der Waals surface area contributed by atoms with E-state index in [1.54, 1.807) is 18.2 Å². The zero-order valence-electron chi connectivity index (χ0n) is 21.4. The Kier molecular flexibility index (Phi) is 9.40. The van der Waals surface area contributed by atoms with Gasteiger partial charge in [-0.25, -0.2) is 9.59 Å². The van der Waals surface area contributed by atoms with E-state index in [9.17, 15) is 28.8 Å². The first kappa shape index (κ1) is 29.6. The van der Waals surface area contributed by atoms with Gasteiger partial charge >= 0.3 is 11.9 Å². The predicted molar refractivity (Wildman–Crippen MR) is 142 cm³/mol. The lowest BCUT2D eigenvalue weighted by Gasteiger charge is -2.28. The van der Waals surface area contributed by atoms with E-state index in [4.69, 9.17) is 27.4 Å². The third-order valence-corrected chi connectivity index (χ3v) is 6.42. The van der Waals surface area contributed by atoms with Crippen molar-refractivity contribution in [2.24, 2.45) is 5.73 Å². The highest BCUT2D eigenvalue weighted by Gasteiger charge is 2.44. The molecule has 2 aromatic carbocycles. The normalized spacial score (nSPS) is 19.7. The molecule has 2 saturated heterocycles. The standard InChI is InChI=1S/C13H13N3O3.C8H7NO4.C5H10N2O/c14-8-4-1-3-7-10(8)13(19)16(12(7)18)9-5-2-6-15-11(9)17;9-5-3-1-2-4(7(10)11)6(5)8(12)13;6-4-2-1-3-7-5(4)8/h1,3-4,9H,2,5-6,14H2,(H,15,17);1-3H,9H2,(H,10,11)(H,12,13);4H,1-3,6H2,(H,7,8). The fourth-order valence-corrected chi connectivity index (χ4v) is 4.40. The van der Waals surface area contributed by atoms with Crippen LogP contribution in [0.1, 0.15) is 67.1 Å². The van der Waals surface area contributed by atoms with E-state index in [0.717, 1.165) is 30.7 Å². The minimum absolute atomic E-state index is 0.00347. The van der Waals surface area contributed by atoms with Gasteiger partial charge in [-0.05, 0) is 49.9 Å². The number of nitrogen functional groups attached to an aromatic ring is 2. The Morgan fingerprint density at radius 1 is 0.800 bits per heavy atom. The van der Waals surface area contributed by atoms with Gasteiger partial charge in [0.2, 0.25) is 11.8 Å². The molecule has 10 N–H and O–H groups in total. The zero-order chi connectivity index (χ0) is 29.6. The Morgan fingerprint density at radius 2 is 1.40 bits per heavy atom. The van der Waals surface area contributed by atoms with Gasteiger partial charge in [0.05, 0.1) is 28.3 Å². The number of fused-ring (bicyclic) bond motifs is 1. The van der Waals surface area contributed by atoms with Crippen LogP contribution in [0.2, 0.25) is 0 Å². The summed E-state index contributed by atoms with van der Waals surface area (Å²) in [5.74, 6) is -3.83. The molecule has 212 valence electrons. The fraction of sp³-hybridized carbons (Fsp3) is 0.308. The van der Waals surface area contributed by atoms with Crippen molar-refractivity contribution in [3.05, 3.63) is 58.7 Å². The van der Waals surface area contributed by atoms with Crippen molar-refractivity contribution < 1.29 is 39.0 Å². The number of hydrogen-bond acceptors (Lipinski definition) is 9. The molecule has 0 bridgehead atoms. The number of carbonyl (C=O) groups is 6. The van der Waals surface area contributed by atoms with Crippen molar-refractivity contribution in [1.29, 1.82) is 0 Å². The zero-order valence-corrected chi connectivity index (χ0v) is 21.4. The highest BCUT2D eigenvalue weighted by atomic mass is 16.4. The van der Waals surface area contributed by atoms with Gasteiger partial charge in [-0.3, -0.25) is 24.1 Å². The number of amides is 4. The van der Waals surface area contributed by atoms with Gasteiger partial charge in [-0.2, -0.15) is 0 Å². The van der Waals surface area contributed by atoms with Gasteiger partial charge in [0.25, 0.3) is 11.8 Å². The molecule has 40 heavy (non-hydrogen) atoms. The SMILES string of the molecule is NC1CCCNC1=O.Nc1cccc(C(=O)O)c1C(=O)O.Nc1cccc2c1C(=O)N(C1CCCNC1=O)C2=O. The third-order valence-electron chi connectivity index (χ3n) is 6.42. The molecule has 4 amide bonds. The number of nitrogens with one attached hydrogen (secondary N) is 2. The summed E-state index contributed by atoms with van der Waals surface area (Å²) in [6, 6.07) is 7.73. The van der Waals surface area contributed by atoms with Gasteiger partial charge in [0.1, 0.15) is 6.04 Å². The molecule has 0 radical (unpaired) electrons. The maximum atomic E-state index is 12.3. The topological polar surface area (TPSA) is 248 Å². The number of carbonyl (C=O) groups excluding carboxylic acids is 4. The second kappa shape index (κ2) is 12.7. The van der Waals surface area contributed by atoms with E-state index >= 15 is 0 Å². The van der Waals surface area contributed by atoms with Crippen molar-refractivity contribution in [3.8, 4) is 0 Å². The van der Waals surface area contributed by atoms with Crippen molar-refractivity contribution in [2.45, 2.75) is 37.8 Å². The summed E-state index contributed by atoms with van der Waals surface area (Å²) in [5, 5.41) is 22.6. The average molecular weight is 555 g/mol. The van der Waals surface area contributed by atoms with Gasteiger partial charge in [-0.1, -0.05) is 12.1 Å². The Morgan fingerprint density at radius 3 is 1.90 bits per heavy atom. The lowest BCUT2D eigenvalue weighted by Crippen LogP contribution is -2.52. The van der Waals surface area contributed by atoms with Crippen molar-refractivity contribution in [3.63, 3.8) is 0 Å². The van der Waals surface area contributed by atoms with Crippen LogP contribution < -0.4 is 27.8 Å². The Bertz CT molecular complexity index is 1360. The summed E-state index contributed by atoms with van der Waals surface area (Å²) in [7, 11) is 0. The van der Waals surface area contributed by atoms with Crippen LogP contribution in [0.5, 0.6) is 0 Å². The Balaban J connectivity index is 0.000000182. The largest absolute Gasteiger partial charge is 0.478 e. The van der Waals surface area contributed by atoms with Crippen molar-refractivity contribution >= 4 is 46.9 Å². The molecule has 0 spiro atoms. The molecular formula is C26H30N6O8. The van der Waals surface area contributed by atoms with Crippen LogP contribution in [0, 0.1) is 0 Å². The molecule has 14 nitrogen and oxygen atoms in total. The number of piperidine rings is 2. The van der Waals surface area contributed by atoms with Gasteiger partial charge in [-0.15, -0.1) is 0 Å². The molecule has 3 heterocycles. The molecule has 2 aromatic rings. The number of nitrogens with zero attached hydrogens (tertiary/aromatic N) is 1. The quantitative estimate of drug-likeness (QED) is 0.197. The first-order valence-corrected chi connectivity index (χ1v) is 12.4. The Hall–Kier alpha value is -4.98. The minimum atomic E-state index is -1.34. The van der Waals surface area contributed by atoms with Crippen LogP contribution in [0.25, 0.3) is 0 Å². The molecule has 14 heteroatoms. The maximum absolute atomic E-state index is 12.3. The van der Waals surface area contributed by atoms with Crippen LogP contribution >= 0.6 is 0 Å². The number of nitrogens with two attached hydrogens (primary N) is 3.